The monoisotopic (exact) mass is 349 g/mol. The Hall–Kier alpha value is -2.64. The number of amides is 1. The number of carbonyl (C=O) groups is 2. The minimum Gasteiger partial charge on any atom is -0.452 e. The smallest absolute Gasteiger partial charge is 0.338 e. The van der Waals surface area contributed by atoms with Gasteiger partial charge < -0.3 is 15.0 Å². The van der Waals surface area contributed by atoms with Gasteiger partial charge in [0.15, 0.2) is 6.61 Å². The molecule has 2 rings (SSSR count). The molecule has 25 heavy (non-hydrogen) atoms. The fourth-order valence-corrected chi connectivity index (χ4v) is 2.69. The first kappa shape index (κ1) is 18.7. The molecule has 1 aliphatic rings. The second kappa shape index (κ2) is 7.50. The third-order valence-electron chi connectivity index (χ3n) is 3.70. The molecule has 0 atom stereocenters. The summed E-state index contributed by atoms with van der Waals surface area (Å²) in [6.45, 7) is 6.53. The summed E-state index contributed by atoms with van der Waals surface area (Å²) in [5, 5.41) is 14.0. The average molecular weight is 349 g/mol. The summed E-state index contributed by atoms with van der Waals surface area (Å²) in [4.78, 5) is 36.5. The molecule has 136 valence electrons. The van der Waals surface area contributed by atoms with E-state index in [9.17, 15) is 19.7 Å². The molecule has 0 spiro atoms. The molecule has 1 amide bonds. The van der Waals surface area contributed by atoms with Gasteiger partial charge in [0.1, 0.15) is 5.69 Å². The number of nitrogens with zero attached hydrogens (tertiary/aromatic N) is 2. The Morgan fingerprint density at radius 2 is 1.92 bits per heavy atom. The molecule has 0 saturated carbocycles. The van der Waals surface area contributed by atoms with Crippen molar-refractivity contribution in [2.24, 2.45) is 0 Å². The number of carbonyl (C=O) groups excluding carboxylic acids is 2. The number of nitrogens with one attached hydrogen (secondary N) is 1. The molecule has 0 aromatic heterocycles. The number of nitro groups is 1. The number of hydrogen-bond acceptors (Lipinski definition) is 6. The lowest BCUT2D eigenvalue weighted by molar-refractivity contribution is -0.384. The number of nitro benzene ring substituents is 1. The van der Waals surface area contributed by atoms with E-state index < -0.39 is 28.9 Å². The van der Waals surface area contributed by atoms with Crippen LogP contribution < -0.4 is 10.2 Å². The van der Waals surface area contributed by atoms with E-state index in [0.29, 0.717) is 5.69 Å². The molecule has 0 aliphatic carbocycles. The van der Waals surface area contributed by atoms with Crippen molar-refractivity contribution in [2.75, 3.05) is 24.6 Å². The van der Waals surface area contributed by atoms with E-state index >= 15 is 0 Å². The van der Waals surface area contributed by atoms with Crippen molar-refractivity contribution in [3.05, 3.63) is 33.9 Å². The third kappa shape index (κ3) is 5.17. The SMILES string of the molecule is CC(C)(C)NC(=O)COC(=O)c1ccc(N2CCCC2)c([N+](=O)[O-])c1. The first-order valence-electron chi connectivity index (χ1n) is 8.19. The molecular formula is C17H23N3O5. The largest absolute Gasteiger partial charge is 0.452 e. The third-order valence-corrected chi connectivity index (χ3v) is 3.70. The minimum absolute atomic E-state index is 0.0539. The summed E-state index contributed by atoms with van der Waals surface area (Å²) >= 11 is 0. The second-order valence-corrected chi connectivity index (χ2v) is 7.03. The van der Waals surface area contributed by atoms with Gasteiger partial charge in [-0.3, -0.25) is 14.9 Å². The fraction of sp³-hybridized carbons (Fsp3) is 0.529. The molecule has 1 aromatic carbocycles. The topological polar surface area (TPSA) is 102 Å². The van der Waals surface area contributed by atoms with E-state index in [2.05, 4.69) is 5.32 Å². The lowest BCUT2D eigenvalue weighted by Gasteiger charge is -2.20. The summed E-state index contributed by atoms with van der Waals surface area (Å²) in [5.74, 6) is -1.19. The maximum absolute atomic E-state index is 12.1. The van der Waals surface area contributed by atoms with Gasteiger partial charge in [0.2, 0.25) is 0 Å². The molecule has 0 radical (unpaired) electrons. The van der Waals surface area contributed by atoms with Crippen LogP contribution in [0, 0.1) is 10.1 Å². The van der Waals surface area contributed by atoms with Crippen LogP contribution in [0.5, 0.6) is 0 Å². The van der Waals surface area contributed by atoms with Crippen molar-refractivity contribution in [3.63, 3.8) is 0 Å². The summed E-state index contributed by atoms with van der Waals surface area (Å²) in [6.07, 6.45) is 1.98. The van der Waals surface area contributed by atoms with Crippen LogP contribution in [0.4, 0.5) is 11.4 Å². The zero-order valence-corrected chi connectivity index (χ0v) is 14.7. The number of anilines is 1. The van der Waals surface area contributed by atoms with Gasteiger partial charge in [0.05, 0.1) is 10.5 Å². The van der Waals surface area contributed by atoms with Crippen molar-refractivity contribution in [2.45, 2.75) is 39.2 Å². The predicted octanol–water partition coefficient (Wildman–Crippen LogP) is 2.27. The highest BCUT2D eigenvalue weighted by Gasteiger charge is 2.24. The van der Waals surface area contributed by atoms with Crippen LogP contribution in [0.25, 0.3) is 0 Å². The van der Waals surface area contributed by atoms with Crippen LogP contribution in [0.2, 0.25) is 0 Å². The lowest BCUT2D eigenvalue weighted by atomic mass is 10.1. The van der Waals surface area contributed by atoms with Gasteiger partial charge in [-0.05, 0) is 45.7 Å². The standard InChI is InChI=1S/C17H23N3O5/c1-17(2,3)18-15(21)11-25-16(22)12-6-7-13(14(10-12)20(23)24)19-8-4-5-9-19/h6-7,10H,4-5,8-9,11H2,1-3H3,(H,18,21). The molecule has 1 aromatic rings. The van der Waals surface area contributed by atoms with Gasteiger partial charge in [-0.2, -0.15) is 0 Å². The first-order valence-corrected chi connectivity index (χ1v) is 8.19. The molecule has 1 aliphatic heterocycles. The Labute approximate surface area is 146 Å². The van der Waals surface area contributed by atoms with Gasteiger partial charge in [-0.15, -0.1) is 0 Å². The normalized spacial score (nSPS) is 14.3. The van der Waals surface area contributed by atoms with Crippen molar-refractivity contribution >= 4 is 23.3 Å². The summed E-state index contributed by atoms with van der Waals surface area (Å²) in [6, 6.07) is 4.26. The average Bonchev–Trinajstić information content (AvgIpc) is 3.04. The Morgan fingerprint density at radius 1 is 1.28 bits per heavy atom. The predicted molar refractivity (Wildman–Crippen MR) is 92.7 cm³/mol. The molecule has 1 fully saturated rings. The van der Waals surface area contributed by atoms with Gasteiger partial charge in [-0.25, -0.2) is 4.79 Å². The van der Waals surface area contributed by atoms with E-state index in [1.165, 1.54) is 12.1 Å². The van der Waals surface area contributed by atoms with Crippen LogP contribution in [0.3, 0.4) is 0 Å². The Balaban J connectivity index is 2.08. The number of benzene rings is 1. The molecular weight excluding hydrogens is 326 g/mol. The van der Waals surface area contributed by atoms with Crippen LogP contribution in [0.1, 0.15) is 44.0 Å². The van der Waals surface area contributed by atoms with E-state index in [1.807, 2.05) is 25.7 Å². The molecule has 8 nitrogen and oxygen atoms in total. The molecule has 1 heterocycles. The Bertz CT molecular complexity index is 675. The Morgan fingerprint density at radius 3 is 2.48 bits per heavy atom. The van der Waals surface area contributed by atoms with Gasteiger partial charge in [-0.1, -0.05) is 0 Å². The quantitative estimate of drug-likeness (QED) is 0.497. The number of hydrogen-bond donors (Lipinski definition) is 1. The maximum atomic E-state index is 12.1. The van der Waals surface area contributed by atoms with E-state index in [4.69, 9.17) is 4.74 Å². The summed E-state index contributed by atoms with van der Waals surface area (Å²) < 4.78 is 4.95. The number of esters is 1. The highest BCUT2D eigenvalue weighted by Crippen LogP contribution is 2.31. The summed E-state index contributed by atoms with van der Waals surface area (Å²) in [7, 11) is 0. The zero-order chi connectivity index (χ0) is 18.6. The van der Waals surface area contributed by atoms with Crippen molar-refractivity contribution in [3.8, 4) is 0 Å². The van der Waals surface area contributed by atoms with Gasteiger partial charge in [0.25, 0.3) is 11.6 Å². The molecule has 0 unspecified atom stereocenters. The molecule has 1 saturated heterocycles. The van der Waals surface area contributed by atoms with Crippen molar-refractivity contribution in [1.29, 1.82) is 0 Å². The highest BCUT2D eigenvalue weighted by atomic mass is 16.6. The second-order valence-electron chi connectivity index (χ2n) is 7.03. The van der Waals surface area contributed by atoms with Crippen LogP contribution in [-0.4, -0.2) is 42.0 Å². The molecule has 1 N–H and O–H groups in total. The minimum atomic E-state index is -0.764. The lowest BCUT2D eigenvalue weighted by Crippen LogP contribution is -2.42. The Kier molecular flexibility index (Phi) is 5.61. The van der Waals surface area contributed by atoms with Crippen molar-refractivity contribution in [1.82, 2.24) is 5.32 Å². The fourth-order valence-electron chi connectivity index (χ4n) is 2.69. The number of ether oxygens (including phenoxy) is 1. The van der Waals surface area contributed by atoms with Crippen molar-refractivity contribution < 1.29 is 19.2 Å². The van der Waals surface area contributed by atoms with Crippen LogP contribution in [0.15, 0.2) is 18.2 Å². The van der Waals surface area contributed by atoms with Gasteiger partial charge in [0, 0.05) is 24.7 Å². The van der Waals surface area contributed by atoms with E-state index in [-0.39, 0.29) is 11.3 Å². The highest BCUT2D eigenvalue weighted by molar-refractivity contribution is 5.93. The number of rotatable bonds is 5. The zero-order valence-electron chi connectivity index (χ0n) is 14.7. The summed E-state index contributed by atoms with van der Waals surface area (Å²) in [5.41, 5.74) is -0.00199. The van der Waals surface area contributed by atoms with Crippen LogP contribution in [-0.2, 0) is 9.53 Å². The first-order chi connectivity index (χ1) is 11.7. The van der Waals surface area contributed by atoms with Gasteiger partial charge >= 0.3 is 5.97 Å². The van der Waals surface area contributed by atoms with E-state index in [0.717, 1.165) is 25.9 Å². The van der Waals surface area contributed by atoms with E-state index in [1.54, 1.807) is 6.07 Å². The molecule has 0 bridgehead atoms. The maximum Gasteiger partial charge on any atom is 0.338 e. The van der Waals surface area contributed by atoms with Crippen LogP contribution >= 0.6 is 0 Å². The molecule has 8 heteroatoms.